The summed E-state index contributed by atoms with van der Waals surface area (Å²) in [6, 6.07) is 10.5. The summed E-state index contributed by atoms with van der Waals surface area (Å²) >= 11 is 0. The van der Waals surface area contributed by atoms with Crippen molar-refractivity contribution in [3.8, 4) is 11.1 Å². The smallest absolute Gasteiger partial charge is 0.315 e. The minimum absolute atomic E-state index is 0.151. The lowest BCUT2D eigenvalue weighted by Crippen LogP contribution is -2.69. The summed E-state index contributed by atoms with van der Waals surface area (Å²) < 4.78 is 37.8. The largest absolute Gasteiger partial charge is 0.345 e. The van der Waals surface area contributed by atoms with Crippen LogP contribution < -0.4 is 10.6 Å². The Hall–Kier alpha value is -2.45. The molecule has 1 aromatic heterocycles. The van der Waals surface area contributed by atoms with Gasteiger partial charge in [-0.2, -0.15) is 8.78 Å². The highest BCUT2D eigenvalue weighted by Gasteiger charge is 2.43. The van der Waals surface area contributed by atoms with E-state index in [-0.39, 0.29) is 6.42 Å². The maximum absolute atomic E-state index is 13.1. The molecular weight excluding hydrogens is 417 g/mol. The molecule has 2 N–H and O–H groups in total. The zero-order chi connectivity index (χ0) is 22.6. The summed E-state index contributed by atoms with van der Waals surface area (Å²) in [5, 5.41) is 5.70. The highest BCUT2D eigenvalue weighted by Crippen LogP contribution is 2.30. The number of carbonyl (C=O) groups excluding carboxylic acids is 1. The van der Waals surface area contributed by atoms with Crippen LogP contribution in [0.2, 0.25) is 0 Å². The van der Waals surface area contributed by atoms with Gasteiger partial charge < -0.3 is 10.6 Å². The van der Waals surface area contributed by atoms with Gasteiger partial charge in [0.15, 0.2) is 0 Å². The highest BCUT2D eigenvalue weighted by atomic mass is 19.3. The second-order valence-corrected chi connectivity index (χ2v) is 8.91. The molecule has 1 amide bonds. The lowest BCUT2D eigenvalue weighted by Gasteiger charge is -2.52. The summed E-state index contributed by atoms with van der Waals surface area (Å²) in [5.74, 6) is -1.45. The molecule has 2 fully saturated rings. The first-order valence-corrected chi connectivity index (χ1v) is 11.1. The normalized spacial score (nSPS) is 19.0. The van der Waals surface area contributed by atoms with Crippen LogP contribution in [0.1, 0.15) is 30.5 Å². The van der Waals surface area contributed by atoms with Gasteiger partial charge in [-0.05, 0) is 43.0 Å². The van der Waals surface area contributed by atoms with Gasteiger partial charge in [-0.15, -0.1) is 0 Å². The van der Waals surface area contributed by atoms with Crippen LogP contribution in [0.4, 0.5) is 13.2 Å². The summed E-state index contributed by atoms with van der Waals surface area (Å²) in [5.41, 5.74) is 4.07. The number of alkyl halides is 3. The lowest BCUT2D eigenvalue weighted by atomic mass is 9.82. The van der Waals surface area contributed by atoms with E-state index in [9.17, 15) is 18.0 Å². The Morgan fingerprint density at radius 2 is 1.88 bits per heavy atom. The van der Waals surface area contributed by atoms with Crippen LogP contribution in [0, 0.1) is 0 Å². The fraction of sp³-hybridized carbons (Fsp3) is 0.500. The van der Waals surface area contributed by atoms with Gasteiger partial charge in [0.1, 0.15) is 6.67 Å². The molecule has 5 nitrogen and oxygen atoms in total. The average molecular weight is 447 g/mol. The summed E-state index contributed by atoms with van der Waals surface area (Å²) in [7, 11) is 0. The Balaban J connectivity index is 1.30. The molecule has 0 bridgehead atoms. The highest BCUT2D eigenvalue weighted by molar-refractivity contribution is 5.79. The minimum Gasteiger partial charge on any atom is -0.345 e. The number of nitrogens with one attached hydrogen (secondary N) is 2. The zero-order valence-electron chi connectivity index (χ0n) is 18.0. The third kappa shape index (κ3) is 5.48. The quantitative estimate of drug-likeness (QED) is 0.653. The van der Waals surface area contributed by atoms with E-state index < -0.39 is 25.0 Å². The molecular formula is C24H29F3N4O. The van der Waals surface area contributed by atoms with E-state index in [1.807, 2.05) is 47.9 Å². The van der Waals surface area contributed by atoms with Gasteiger partial charge in [-0.3, -0.25) is 14.7 Å². The monoisotopic (exact) mass is 446 g/mol. The molecule has 3 heterocycles. The van der Waals surface area contributed by atoms with Gasteiger partial charge in [-0.25, -0.2) is 4.39 Å². The number of hydrogen-bond donors (Lipinski definition) is 2. The van der Waals surface area contributed by atoms with Gasteiger partial charge in [-0.1, -0.05) is 36.8 Å². The zero-order valence-corrected chi connectivity index (χ0v) is 18.0. The molecule has 0 saturated carbocycles. The van der Waals surface area contributed by atoms with Crippen molar-refractivity contribution in [2.24, 2.45) is 0 Å². The number of pyridine rings is 1. The predicted octanol–water partition coefficient (Wildman–Crippen LogP) is 3.34. The molecule has 0 aliphatic carbocycles. The molecule has 2 aliphatic rings. The van der Waals surface area contributed by atoms with Gasteiger partial charge in [0.25, 0.3) is 5.91 Å². The summed E-state index contributed by atoms with van der Waals surface area (Å²) in [6.45, 7) is 3.22. The molecule has 0 radical (unpaired) electrons. The van der Waals surface area contributed by atoms with Crippen LogP contribution in [-0.2, 0) is 17.8 Å². The standard InChI is InChI=1S/C24H29F3N4O/c25-12-21(30-23(32)22(26)27)11-17-3-5-18(6-4-17)19-7-8-20(28-13-19)14-31-15-24(16-31)9-1-2-10-29-24/h3-8,13,21-22,29H,1-2,9-12,14-16H2,(H,30,32). The Morgan fingerprint density at radius 1 is 1.12 bits per heavy atom. The number of carbonyl (C=O) groups is 1. The minimum atomic E-state index is -3.15. The van der Waals surface area contributed by atoms with Crippen molar-refractivity contribution in [3.05, 3.63) is 53.9 Å². The molecule has 32 heavy (non-hydrogen) atoms. The van der Waals surface area contributed by atoms with Crippen molar-refractivity contribution < 1.29 is 18.0 Å². The van der Waals surface area contributed by atoms with Gasteiger partial charge in [0.05, 0.1) is 11.7 Å². The number of hydrogen-bond acceptors (Lipinski definition) is 4. The van der Waals surface area contributed by atoms with E-state index in [0.717, 1.165) is 48.6 Å². The molecule has 2 aromatic rings. The van der Waals surface area contributed by atoms with Crippen LogP contribution >= 0.6 is 0 Å². The maximum Gasteiger partial charge on any atom is 0.315 e. The summed E-state index contributed by atoms with van der Waals surface area (Å²) in [4.78, 5) is 18.1. The van der Waals surface area contributed by atoms with Gasteiger partial charge in [0.2, 0.25) is 0 Å². The molecule has 8 heteroatoms. The Morgan fingerprint density at radius 3 is 2.47 bits per heavy atom. The van der Waals surface area contributed by atoms with Crippen LogP contribution in [0.3, 0.4) is 0 Å². The first-order chi connectivity index (χ1) is 15.5. The van der Waals surface area contributed by atoms with Crippen LogP contribution in [0.25, 0.3) is 11.1 Å². The van der Waals surface area contributed by atoms with Gasteiger partial charge in [0, 0.05) is 36.9 Å². The van der Waals surface area contributed by atoms with Crippen molar-refractivity contribution in [2.75, 3.05) is 26.3 Å². The van der Waals surface area contributed by atoms with Crippen molar-refractivity contribution in [1.29, 1.82) is 0 Å². The number of nitrogens with zero attached hydrogens (tertiary/aromatic N) is 2. The molecule has 172 valence electrons. The Bertz CT molecular complexity index is 890. The Kier molecular flexibility index (Phi) is 7.10. The summed E-state index contributed by atoms with van der Waals surface area (Å²) in [6.07, 6.45) is 2.71. The number of aromatic nitrogens is 1. The van der Waals surface area contributed by atoms with E-state index in [4.69, 9.17) is 0 Å². The molecule has 4 rings (SSSR count). The maximum atomic E-state index is 13.1. The predicted molar refractivity (Wildman–Crippen MR) is 117 cm³/mol. The SMILES string of the molecule is O=C(NC(CF)Cc1ccc(-c2ccc(CN3CC4(CCCCN4)C3)nc2)cc1)C(F)F. The van der Waals surface area contributed by atoms with Crippen molar-refractivity contribution in [1.82, 2.24) is 20.5 Å². The fourth-order valence-electron chi connectivity index (χ4n) is 4.67. The van der Waals surface area contributed by atoms with E-state index in [2.05, 4.69) is 15.2 Å². The molecule has 1 atom stereocenters. The number of likely N-dealkylation sites (tertiary alicyclic amines) is 1. The number of rotatable bonds is 8. The molecule has 1 spiro atoms. The second-order valence-electron chi connectivity index (χ2n) is 8.91. The number of benzene rings is 1. The van der Waals surface area contributed by atoms with E-state index >= 15 is 0 Å². The molecule has 1 aromatic carbocycles. The fourth-order valence-corrected chi connectivity index (χ4v) is 4.67. The first-order valence-electron chi connectivity index (χ1n) is 11.1. The van der Waals surface area contributed by atoms with Crippen molar-refractivity contribution in [3.63, 3.8) is 0 Å². The van der Waals surface area contributed by atoms with E-state index in [1.54, 1.807) is 0 Å². The van der Waals surface area contributed by atoms with Crippen LogP contribution in [0.15, 0.2) is 42.6 Å². The Labute approximate surface area is 186 Å². The first kappa shape index (κ1) is 22.7. The van der Waals surface area contributed by atoms with Gasteiger partial charge >= 0.3 is 6.43 Å². The van der Waals surface area contributed by atoms with Crippen LogP contribution in [0.5, 0.6) is 0 Å². The van der Waals surface area contributed by atoms with E-state index in [0.29, 0.717) is 5.54 Å². The lowest BCUT2D eigenvalue weighted by molar-refractivity contribution is -0.132. The van der Waals surface area contributed by atoms with Crippen molar-refractivity contribution >= 4 is 5.91 Å². The number of piperidine rings is 1. The molecule has 2 aliphatic heterocycles. The van der Waals surface area contributed by atoms with Crippen molar-refractivity contribution in [2.45, 2.75) is 50.2 Å². The second kappa shape index (κ2) is 10.0. The molecule has 1 unspecified atom stereocenters. The van der Waals surface area contributed by atoms with E-state index in [1.165, 1.54) is 19.3 Å². The molecule has 2 saturated heterocycles. The number of amides is 1. The number of halogens is 3. The third-order valence-electron chi connectivity index (χ3n) is 6.35. The topological polar surface area (TPSA) is 57.3 Å². The average Bonchev–Trinajstić information content (AvgIpc) is 2.79. The van der Waals surface area contributed by atoms with Crippen LogP contribution in [-0.4, -0.2) is 60.1 Å². The third-order valence-corrected chi connectivity index (χ3v) is 6.35.